The lowest BCUT2D eigenvalue weighted by molar-refractivity contribution is -0.131. The summed E-state index contributed by atoms with van der Waals surface area (Å²) in [6.45, 7) is 8.60. The summed E-state index contributed by atoms with van der Waals surface area (Å²) in [7, 11) is 0. The van der Waals surface area contributed by atoms with E-state index in [1.165, 1.54) is 25.3 Å². The van der Waals surface area contributed by atoms with Gasteiger partial charge in [0.1, 0.15) is 6.10 Å². The molecule has 0 spiro atoms. The van der Waals surface area contributed by atoms with Crippen LogP contribution < -0.4 is 0 Å². The molecule has 1 fully saturated rings. The Labute approximate surface area is 110 Å². The molecule has 0 aromatic heterocycles. The molecule has 1 saturated heterocycles. The molecule has 1 aliphatic rings. The van der Waals surface area contributed by atoms with Crippen LogP contribution in [0.15, 0.2) is 11.6 Å². The molecule has 0 amide bonds. The van der Waals surface area contributed by atoms with Crippen molar-refractivity contribution >= 4 is 5.97 Å². The van der Waals surface area contributed by atoms with Crippen LogP contribution in [0.3, 0.4) is 0 Å². The van der Waals surface area contributed by atoms with E-state index in [0.717, 1.165) is 17.9 Å². The molecule has 3 nitrogen and oxygen atoms in total. The van der Waals surface area contributed by atoms with Gasteiger partial charge in [0.25, 0.3) is 0 Å². The Morgan fingerprint density at radius 2 is 2.00 bits per heavy atom. The number of aliphatic carboxylic acids is 1. The summed E-state index contributed by atoms with van der Waals surface area (Å²) in [6, 6.07) is 0. The number of rotatable bonds is 8. The molecule has 1 aliphatic heterocycles. The van der Waals surface area contributed by atoms with Gasteiger partial charge in [0.15, 0.2) is 0 Å². The van der Waals surface area contributed by atoms with Crippen molar-refractivity contribution in [2.24, 2.45) is 11.8 Å². The number of ether oxygens (including phenoxy) is 1. The van der Waals surface area contributed by atoms with Crippen molar-refractivity contribution in [3.8, 4) is 0 Å². The fraction of sp³-hybridized carbons (Fsp3) is 0.800. The molecular weight excluding hydrogens is 228 g/mol. The van der Waals surface area contributed by atoms with Gasteiger partial charge in [-0.05, 0) is 30.8 Å². The van der Waals surface area contributed by atoms with Crippen LogP contribution in [0, 0.1) is 11.8 Å². The monoisotopic (exact) mass is 254 g/mol. The van der Waals surface area contributed by atoms with Crippen LogP contribution in [-0.4, -0.2) is 23.3 Å². The van der Waals surface area contributed by atoms with Gasteiger partial charge in [-0.1, -0.05) is 40.0 Å². The highest BCUT2D eigenvalue weighted by Crippen LogP contribution is 2.34. The minimum absolute atomic E-state index is 0.0497. The molecule has 1 heterocycles. The Morgan fingerprint density at radius 3 is 2.56 bits per heavy atom. The molecule has 0 aliphatic carbocycles. The number of epoxide rings is 1. The Kier molecular flexibility index (Phi) is 5.86. The fourth-order valence-electron chi connectivity index (χ4n) is 2.39. The number of hydrogen-bond acceptors (Lipinski definition) is 2. The van der Waals surface area contributed by atoms with Crippen LogP contribution in [-0.2, 0) is 9.53 Å². The summed E-state index contributed by atoms with van der Waals surface area (Å²) in [5.41, 5.74) is 0.835. The second-order valence-corrected chi connectivity index (χ2v) is 5.99. The second kappa shape index (κ2) is 6.93. The van der Waals surface area contributed by atoms with Crippen LogP contribution in [0.4, 0.5) is 0 Å². The van der Waals surface area contributed by atoms with Crippen molar-refractivity contribution in [3.05, 3.63) is 11.6 Å². The summed E-state index contributed by atoms with van der Waals surface area (Å²) < 4.78 is 5.55. The number of carboxylic acid groups (broad SMARTS) is 1. The molecule has 18 heavy (non-hydrogen) atoms. The van der Waals surface area contributed by atoms with E-state index in [1.54, 1.807) is 0 Å². The van der Waals surface area contributed by atoms with Crippen LogP contribution >= 0.6 is 0 Å². The molecule has 0 radical (unpaired) electrons. The van der Waals surface area contributed by atoms with E-state index in [0.29, 0.717) is 5.92 Å². The van der Waals surface area contributed by atoms with Gasteiger partial charge >= 0.3 is 5.97 Å². The third kappa shape index (κ3) is 5.67. The Hall–Kier alpha value is -0.830. The number of hydrogen-bond donors (Lipinski definition) is 1. The maximum Gasteiger partial charge on any atom is 0.328 e. The van der Waals surface area contributed by atoms with Crippen LogP contribution in [0.2, 0.25) is 0 Å². The standard InChI is InChI=1S/C15H26O3/c1-10(2)6-5-7-11(3)8-13-15(18-13)12(4)9-14(16)17/h9-11,13,15H,5-8H2,1-4H3,(H,16,17). The van der Waals surface area contributed by atoms with Gasteiger partial charge in [-0.25, -0.2) is 4.79 Å². The highest BCUT2D eigenvalue weighted by atomic mass is 16.6. The van der Waals surface area contributed by atoms with E-state index >= 15 is 0 Å². The lowest BCUT2D eigenvalue weighted by atomic mass is 9.94. The smallest absolute Gasteiger partial charge is 0.328 e. The maximum atomic E-state index is 10.5. The van der Waals surface area contributed by atoms with Gasteiger partial charge in [-0.15, -0.1) is 0 Å². The Bertz CT molecular complexity index is 307. The zero-order valence-electron chi connectivity index (χ0n) is 12.0. The topological polar surface area (TPSA) is 49.8 Å². The van der Waals surface area contributed by atoms with Crippen molar-refractivity contribution in [1.29, 1.82) is 0 Å². The second-order valence-electron chi connectivity index (χ2n) is 5.99. The van der Waals surface area contributed by atoms with Crippen molar-refractivity contribution in [2.75, 3.05) is 0 Å². The van der Waals surface area contributed by atoms with Gasteiger partial charge in [0.05, 0.1) is 6.10 Å². The largest absolute Gasteiger partial charge is 0.478 e. The summed E-state index contributed by atoms with van der Waals surface area (Å²) >= 11 is 0. The normalized spacial score (nSPS) is 25.3. The first-order valence-corrected chi connectivity index (χ1v) is 6.96. The SMILES string of the molecule is CC(=CC(=O)O)C1OC1CC(C)CCCC(C)C. The minimum atomic E-state index is -0.883. The van der Waals surface area contributed by atoms with Crippen LogP contribution in [0.1, 0.15) is 53.4 Å². The van der Waals surface area contributed by atoms with Gasteiger partial charge in [0, 0.05) is 6.08 Å². The van der Waals surface area contributed by atoms with E-state index < -0.39 is 5.97 Å². The van der Waals surface area contributed by atoms with E-state index in [4.69, 9.17) is 9.84 Å². The van der Waals surface area contributed by atoms with E-state index in [-0.39, 0.29) is 12.2 Å². The number of carbonyl (C=O) groups is 1. The molecular formula is C15H26O3. The molecule has 0 aromatic rings. The highest BCUT2D eigenvalue weighted by molar-refractivity contribution is 5.80. The zero-order chi connectivity index (χ0) is 13.7. The Balaban J connectivity index is 2.20. The first kappa shape index (κ1) is 15.2. The molecule has 0 aromatic carbocycles. The molecule has 3 atom stereocenters. The molecule has 104 valence electrons. The van der Waals surface area contributed by atoms with Gasteiger partial charge in [-0.2, -0.15) is 0 Å². The zero-order valence-corrected chi connectivity index (χ0v) is 12.0. The molecule has 1 rings (SSSR count). The molecule has 0 saturated carbocycles. The van der Waals surface area contributed by atoms with E-state index in [9.17, 15) is 4.79 Å². The maximum absolute atomic E-state index is 10.5. The highest BCUT2D eigenvalue weighted by Gasteiger charge is 2.40. The predicted molar refractivity (Wildman–Crippen MR) is 72.5 cm³/mol. The molecule has 1 N–H and O–H groups in total. The lowest BCUT2D eigenvalue weighted by Gasteiger charge is -2.10. The summed E-state index contributed by atoms with van der Waals surface area (Å²) in [4.78, 5) is 10.5. The first-order chi connectivity index (χ1) is 8.40. The van der Waals surface area contributed by atoms with Crippen LogP contribution in [0.25, 0.3) is 0 Å². The van der Waals surface area contributed by atoms with Gasteiger partial charge < -0.3 is 9.84 Å². The summed E-state index contributed by atoms with van der Waals surface area (Å²) in [5, 5.41) is 8.66. The minimum Gasteiger partial charge on any atom is -0.478 e. The Morgan fingerprint density at radius 1 is 1.33 bits per heavy atom. The molecule has 3 unspecified atom stereocenters. The fourth-order valence-corrected chi connectivity index (χ4v) is 2.39. The summed E-state index contributed by atoms with van der Waals surface area (Å²) in [5.74, 6) is 0.561. The van der Waals surface area contributed by atoms with E-state index in [1.807, 2.05) is 6.92 Å². The van der Waals surface area contributed by atoms with Crippen molar-refractivity contribution < 1.29 is 14.6 Å². The first-order valence-electron chi connectivity index (χ1n) is 6.96. The van der Waals surface area contributed by atoms with Crippen molar-refractivity contribution in [3.63, 3.8) is 0 Å². The number of carboxylic acids is 1. The van der Waals surface area contributed by atoms with Crippen molar-refractivity contribution in [1.82, 2.24) is 0 Å². The lowest BCUT2D eigenvalue weighted by Crippen LogP contribution is -2.05. The van der Waals surface area contributed by atoms with Gasteiger partial charge in [0.2, 0.25) is 0 Å². The third-order valence-electron chi connectivity index (χ3n) is 3.50. The van der Waals surface area contributed by atoms with Gasteiger partial charge in [-0.3, -0.25) is 0 Å². The molecule has 0 bridgehead atoms. The average Bonchev–Trinajstić information content (AvgIpc) is 2.95. The quantitative estimate of drug-likeness (QED) is 0.531. The predicted octanol–water partition coefficient (Wildman–Crippen LogP) is 3.64. The van der Waals surface area contributed by atoms with Crippen molar-refractivity contribution in [2.45, 2.75) is 65.6 Å². The van der Waals surface area contributed by atoms with E-state index in [2.05, 4.69) is 20.8 Å². The van der Waals surface area contributed by atoms with Crippen LogP contribution in [0.5, 0.6) is 0 Å². The summed E-state index contributed by atoms with van der Waals surface area (Å²) in [6.07, 6.45) is 6.41. The average molecular weight is 254 g/mol. The third-order valence-corrected chi connectivity index (χ3v) is 3.50. The molecule has 3 heteroatoms.